The number of anilines is 1. The van der Waals surface area contributed by atoms with Crippen LogP contribution in [0.3, 0.4) is 0 Å². The Kier molecular flexibility index (Phi) is 5.38. The van der Waals surface area contributed by atoms with E-state index < -0.39 is 0 Å². The molecule has 132 valence electrons. The van der Waals surface area contributed by atoms with E-state index in [2.05, 4.69) is 51.7 Å². The van der Waals surface area contributed by atoms with Crippen molar-refractivity contribution in [1.82, 2.24) is 15.6 Å². The Hall–Kier alpha value is -2.76. The Morgan fingerprint density at radius 1 is 1.28 bits per heavy atom. The maximum absolute atomic E-state index is 12.1. The predicted octanol–water partition coefficient (Wildman–Crippen LogP) is 2.34. The van der Waals surface area contributed by atoms with Crippen LogP contribution in [0.4, 0.5) is 10.5 Å². The lowest BCUT2D eigenvalue weighted by Crippen LogP contribution is -2.44. The summed E-state index contributed by atoms with van der Waals surface area (Å²) in [6, 6.07) is 12.2. The van der Waals surface area contributed by atoms with Gasteiger partial charge in [-0.15, -0.1) is 0 Å². The highest BCUT2D eigenvalue weighted by Crippen LogP contribution is 2.28. The van der Waals surface area contributed by atoms with Crippen molar-refractivity contribution < 1.29 is 9.53 Å². The van der Waals surface area contributed by atoms with Gasteiger partial charge in [-0.1, -0.05) is 24.3 Å². The average Bonchev–Trinajstić information content (AvgIpc) is 3.09. The molecule has 0 bridgehead atoms. The SMILES string of the molecule is COc1ncccc1CNC(=O)NCC(C)N1CCc2ccccc21. The van der Waals surface area contributed by atoms with Crippen LogP contribution in [0.1, 0.15) is 18.1 Å². The van der Waals surface area contributed by atoms with Gasteiger partial charge in [-0.3, -0.25) is 0 Å². The van der Waals surface area contributed by atoms with Gasteiger partial charge in [-0.25, -0.2) is 9.78 Å². The second kappa shape index (κ2) is 7.88. The Labute approximate surface area is 148 Å². The van der Waals surface area contributed by atoms with Gasteiger partial charge in [0, 0.05) is 43.1 Å². The molecule has 2 amide bonds. The minimum atomic E-state index is -0.190. The van der Waals surface area contributed by atoms with Gasteiger partial charge in [-0.05, 0) is 31.0 Å². The van der Waals surface area contributed by atoms with Gasteiger partial charge in [0.25, 0.3) is 0 Å². The number of carbonyl (C=O) groups is 1. The number of hydrogen-bond donors (Lipinski definition) is 2. The standard InChI is InChI=1S/C19H24N4O2/c1-14(23-11-9-15-6-3-4-8-17(15)23)12-21-19(24)22-13-16-7-5-10-20-18(16)25-2/h3-8,10,14H,9,11-13H2,1-2H3,(H2,21,22,24). The third-order valence-electron chi connectivity index (χ3n) is 4.50. The van der Waals surface area contributed by atoms with Gasteiger partial charge in [0.2, 0.25) is 5.88 Å². The largest absolute Gasteiger partial charge is 0.481 e. The second-order valence-corrected chi connectivity index (χ2v) is 6.16. The van der Waals surface area contributed by atoms with Crippen molar-refractivity contribution in [2.75, 3.05) is 25.1 Å². The van der Waals surface area contributed by atoms with Gasteiger partial charge in [0.05, 0.1) is 7.11 Å². The number of fused-ring (bicyclic) bond motifs is 1. The molecule has 6 nitrogen and oxygen atoms in total. The number of carbonyl (C=O) groups excluding carboxylic acids is 1. The van der Waals surface area contributed by atoms with E-state index in [4.69, 9.17) is 4.74 Å². The number of aromatic nitrogens is 1. The summed E-state index contributed by atoms with van der Waals surface area (Å²) < 4.78 is 5.19. The van der Waals surface area contributed by atoms with Crippen LogP contribution in [-0.2, 0) is 13.0 Å². The van der Waals surface area contributed by atoms with E-state index in [1.54, 1.807) is 13.3 Å². The first-order chi connectivity index (χ1) is 12.2. The third kappa shape index (κ3) is 4.02. The molecule has 2 N–H and O–H groups in total. The number of nitrogens with one attached hydrogen (secondary N) is 2. The molecule has 1 aliphatic rings. The van der Waals surface area contributed by atoms with Crippen LogP contribution in [0, 0.1) is 0 Å². The lowest BCUT2D eigenvalue weighted by molar-refractivity contribution is 0.239. The van der Waals surface area contributed by atoms with Gasteiger partial charge in [0.1, 0.15) is 0 Å². The number of rotatable bonds is 6. The highest BCUT2D eigenvalue weighted by atomic mass is 16.5. The fourth-order valence-corrected chi connectivity index (χ4v) is 3.15. The number of benzene rings is 1. The van der Waals surface area contributed by atoms with Crippen molar-refractivity contribution in [2.24, 2.45) is 0 Å². The van der Waals surface area contributed by atoms with Crippen molar-refractivity contribution in [2.45, 2.75) is 25.9 Å². The molecule has 3 rings (SSSR count). The first kappa shape index (κ1) is 17.1. The van der Waals surface area contributed by atoms with Crippen LogP contribution in [0.15, 0.2) is 42.6 Å². The van der Waals surface area contributed by atoms with E-state index >= 15 is 0 Å². The van der Waals surface area contributed by atoms with Crippen molar-refractivity contribution in [1.29, 1.82) is 0 Å². The number of urea groups is 1. The molecule has 1 aromatic carbocycles. The normalized spacial score (nSPS) is 13.9. The fourth-order valence-electron chi connectivity index (χ4n) is 3.15. The minimum absolute atomic E-state index is 0.190. The zero-order valence-corrected chi connectivity index (χ0v) is 14.7. The molecule has 1 atom stereocenters. The van der Waals surface area contributed by atoms with Gasteiger partial charge >= 0.3 is 6.03 Å². The maximum atomic E-state index is 12.1. The Morgan fingerprint density at radius 2 is 2.12 bits per heavy atom. The number of ether oxygens (including phenoxy) is 1. The smallest absolute Gasteiger partial charge is 0.315 e. The van der Waals surface area contributed by atoms with Crippen molar-refractivity contribution in [3.8, 4) is 5.88 Å². The van der Waals surface area contributed by atoms with Crippen LogP contribution in [0.5, 0.6) is 5.88 Å². The summed E-state index contributed by atoms with van der Waals surface area (Å²) in [6.45, 7) is 4.09. The first-order valence-electron chi connectivity index (χ1n) is 8.53. The zero-order valence-electron chi connectivity index (χ0n) is 14.7. The molecule has 0 saturated carbocycles. The first-order valence-corrected chi connectivity index (χ1v) is 8.53. The summed E-state index contributed by atoms with van der Waals surface area (Å²) in [6.07, 6.45) is 2.73. The minimum Gasteiger partial charge on any atom is -0.481 e. The number of hydrogen-bond acceptors (Lipinski definition) is 4. The lowest BCUT2D eigenvalue weighted by atomic mass is 10.2. The van der Waals surface area contributed by atoms with Crippen LogP contribution >= 0.6 is 0 Å². The van der Waals surface area contributed by atoms with E-state index in [0.717, 1.165) is 18.5 Å². The van der Waals surface area contributed by atoms with E-state index in [9.17, 15) is 4.79 Å². The van der Waals surface area contributed by atoms with Crippen molar-refractivity contribution >= 4 is 11.7 Å². The van der Waals surface area contributed by atoms with Crippen LogP contribution in [-0.4, -0.2) is 37.3 Å². The van der Waals surface area contributed by atoms with E-state index in [0.29, 0.717) is 19.0 Å². The topological polar surface area (TPSA) is 66.5 Å². The Balaban J connectivity index is 1.48. The summed E-state index contributed by atoms with van der Waals surface area (Å²) in [5.41, 5.74) is 3.50. The molecule has 2 aromatic rings. The van der Waals surface area contributed by atoms with Gasteiger partial charge < -0.3 is 20.3 Å². The van der Waals surface area contributed by atoms with E-state index in [1.807, 2.05) is 12.1 Å². The zero-order chi connectivity index (χ0) is 17.6. The van der Waals surface area contributed by atoms with E-state index in [1.165, 1.54) is 11.3 Å². The molecule has 0 fully saturated rings. The third-order valence-corrected chi connectivity index (χ3v) is 4.50. The highest BCUT2D eigenvalue weighted by molar-refractivity contribution is 5.74. The summed E-state index contributed by atoms with van der Waals surface area (Å²) in [4.78, 5) is 18.5. The van der Waals surface area contributed by atoms with Crippen LogP contribution in [0.2, 0.25) is 0 Å². The molecule has 0 radical (unpaired) electrons. The molecule has 0 spiro atoms. The summed E-state index contributed by atoms with van der Waals surface area (Å²) in [5, 5.41) is 5.80. The Bertz CT molecular complexity index is 735. The van der Waals surface area contributed by atoms with Gasteiger partial charge in [0.15, 0.2) is 0 Å². The quantitative estimate of drug-likeness (QED) is 0.847. The second-order valence-electron chi connectivity index (χ2n) is 6.16. The molecule has 6 heteroatoms. The summed E-state index contributed by atoms with van der Waals surface area (Å²) in [5.74, 6) is 0.532. The van der Waals surface area contributed by atoms with Crippen LogP contribution in [0.25, 0.3) is 0 Å². The van der Waals surface area contributed by atoms with Gasteiger partial charge in [-0.2, -0.15) is 0 Å². The molecule has 2 heterocycles. The number of pyridine rings is 1. The highest BCUT2D eigenvalue weighted by Gasteiger charge is 2.23. The van der Waals surface area contributed by atoms with Crippen molar-refractivity contribution in [3.05, 3.63) is 53.7 Å². The van der Waals surface area contributed by atoms with Crippen molar-refractivity contribution in [3.63, 3.8) is 0 Å². The number of methoxy groups -OCH3 is 1. The molecule has 1 aromatic heterocycles. The summed E-state index contributed by atoms with van der Waals surface area (Å²) >= 11 is 0. The number of para-hydroxylation sites is 1. The molecule has 1 unspecified atom stereocenters. The fraction of sp³-hybridized carbons (Fsp3) is 0.368. The maximum Gasteiger partial charge on any atom is 0.315 e. The number of amides is 2. The van der Waals surface area contributed by atoms with Crippen LogP contribution < -0.4 is 20.3 Å². The van der Waals surface area contributed by atoms with E-state index in [-0.39, 0.29) is 12.1 Å². The predicted molar refractivity (Wildman–Crippen MR) is 98.0 cm³/mol. The average molecular weight is 340 g/mol. The lowest BCUT2D eigenvalue weighted by Gasteiger charge is -2.27. The molecule has 0 aliphatic carbocycles. The molecular weight excluding hydrogens is 316 g/mol. The molecule has 0 saturated heterocycles. The molecular formula is C19H24N4O2. The Morgan fingerprint density at radius 3 is 2.96 bits per heavy atom. The molecule has 25 heavy (non-hydrogen) atoms. The number of nitrogens with zero attached hydrogens (tertiary/aromatic N) is 2. The summed E-state index contributed by atoms with van der Waals surface area (Å²) in [7, 11) is 1.57. The monoisotopic (exact) mass is 340 g/mol. The molecule has 1 aliphatic heterocycles.